The number of alkyl halides is 2. The van der Waals surface area contributed by atoms with Crippen LogP contribution in [0, 0.1) is 0 Å². The molecule has 0 aliphatic heterocycles. The Morgan fingerprint density at radius 3 is 2.36 bits per heavy atom. The standard InChI is InChI=1S/C16H26F2N2OS/c1-12(19-22(21)15(2,3)4)13-8-7-9-14(10-13)16(17,18)11-20(5)6/h7-10,12,19H,11H2,1-6H3/t12-,22-/m1/s1. The minimum Gasteiger partial charge on any atom is -0.303 e. The zero-order valence-corrected chi connectivity index (χ0v) is 14.9. The van der Waals surface area contributed by atoms with E-state index in [9.17, 15) is 13.0 Å². The molecule has 2 atom stereocenters. The van der Waals surface area contributed by atoms with Gasteiger partial charge in [0, 0.05) is 11.6 Å². The molecule has 0 unspecified atom stereocenters. The average molecular weight is 332 g/mol. The third-order valence-electron chi connectivity index (χ3n) is 3.16. The molecule has 0 heterocycles. The number of benzene rings is 1. The molecule has 0 aliphatic rings. The Kier molecular flexibility index (Phi) is 6.24. The van der Waals surface area contributed by atoms with Crippen molar-refractivity contribution in [1.82, 2.24) is 9.62 Å². The summed E-state index contributed by atoms with van der Waals surface area (Å²) in [6, 6.07) is 6.04. The highest BCUT2D eigenvalue weighted by atomic mass is 32.2. The largest absolute Gasteiger partial charge is 0.303 e. The van der Waals surface area contributed by atoms with Crippen LogP contribution in [0.15, 0.2) is 24.3 Å². The third-order valence-corrected chi connectivity index (χ3v) is 4.84. The van der Waals surface area contributed by atoms with Gasteiger partial charge in [0.05, 0.1) is 22.3 Å². The average Bonchev–Trinajstić information content (AvgIpc) is 2.36. The first-order chi connectivity index (χ1) is 9.93. The summed E-state index contributed by atoms with van der Waals surface area (Å²) in [4.78, 5) is 1.46. The molecule has 22 heavy (non-hydrogen) atoms. The topological polar surface area (TPSA) is 32.3 Å². The van der Waals surface area contributed by atoms with E-state index in [0.29, 0.717) is 5.56 Å². The highest BCUT2D eigenvalue weighted by molar-refractivity contribution is 7.84. The number of likely N-dealkylation sites (N-methyl/N-ethyl adjacent to an activating group) is 1. The molecule has 1 rings (SSSR count). The molecule has 0 aromatic heterocycles. The molecule has 0 aliphatic carbocycles. The fourth-order valence-electron chi connectivity index (χ4n) is 1.93. The third kappa shape index (κ3) is 5.41. The number of rotatable bonds is 6. The van der Waals surface area contributed by atoms with Crippen LogP contribution < -0.4 is 4.72 Å². The highest BCUT2D eigenvalue weighted by Gasteiger charge is 2.32. The molecule has 0 amide bonds. The van der Waals surface area contributed by atoms with Gasteiger partial charge in [-0.1, -0.05) is 18.2 Å². The van der Waals surface area contributed by atoms with Crippen molar-refractivity contribution in [2.75, 3.05) is 20.6 Å². The summed E-state index contributed by atoms with van der Waals surface area (Å²) in [5.74, 6) is -2.91. The summed E-state index contributed by atoms with van der Waals surface area (Å²) in [6.07, 6.45) is 0. The van der Waals surface area contributed by atoms with Crippen LogP contribution in [0.5, 0.6) is 0 Å². The molecule has 126 valence electrons. The van der Waals surface area contributed by atoms with Crippen molar-refractivity contribution in [2.45, 2.75) is 44.4 Å². The van der Waals surface area contributed by atoms with E-state index in [-0.39, 0.29) is 18.2 Å². The smallest absolute Gasteiger partial charge is 0.285 e. The molecular weight excluding hydrogens is 306 g/mol. The van der Waals surface area contributed by atoms with Crippen molar-refractivity contribution in [3.8, 4) is 0 Å². The predicted octanol–water partition coefficient (Wildman–Crippen LogP) is 3.45. The number of halogens is 2. The van der Waals surface area contributed by atoms with Gasteiger partial charge >= 0.3 is 0 Å². The van der Waals surface area contributed by atoms with Gasteiger partial charge in [0.2, 0.25) is 0 Å². The molecule has 1 N–H and O–H groups in total. The molecule has 0 spiro atoms. The van der Waals surface area contributed by atoms with E-state index >= 15 is 0 Å². The Labute approximate surface area is 134 Å². The SMILES string of the molecule is C[C@@H](N[S@](=O)C(C)(C)C)c1cccc(C(F)(F)CN(C)C)c1. The fraction of sp³-hybridized carbons (Fsp3) is 0.625. The minimum absolute atomic E-state index is 0.0195. The van der Waals surface area contributed by atoms with Gasteiger partial charge in [-0.15, -0.1) is 0 Å². The monoisotopic (exact) mass is 332 g/mol. The first-order valence-electron chi connectivity index (χ1n) is 7.24. The van der Waals surface area contributed by atoms with Crippen LogP contribution in [0.3, 0.4) is 0 Å². The summed E-state index contributed by atoms with van der Waals surface area (Å²) in [5.41, 5.74) is 0.683. The van der Waals surface area contributed by atoms with Gasteiger partial charge in [0.15, 0.2) is 0 Å². The minimum atomic E-state index is -2.91. The van der Waals surface area contributed by atoms with E-state index in [1.54, 1.807) is 26.2 Å². The molecule has 0 saturated carbocycles. The normalized spacial score (nSPS) is 15.9. The van der Waals surface area contributed by atoms with Crippen molar-refractivity contribution in [3.63, 3.8) is 0 Å². The van der Waals surface area contributed by atoms with Gasteiger partial charge < -0.3 is 4.90 Å². The van der Waals surface area contributed by atoms with Gasteiger partial charge in [-0.3, -0.25) is 0 Å². The van der Waals surface area contributed by atoms with E-state index in [1.165, 1.54) is 17.0 Å². The van der Waals surface area contributed by atoms with E-state index in [1.807, 2.05) is 27.7 Å². The lowest BCUT2D eigenvalue weighted by molar-refractivity contribution is -0.0270. The van der Waals surface area contributed by atoms with Crippen LogP contribution >= 0.6 is 0 Å². The summed E-state index contributed by atoms with van der Waals surface area (Å²) in [6.45, 7) is 7.08. The van der Waals surface area contributed by atoms with Crippen LogP contribution in [0.25, 0.3) is 0 Å². The molecule has 1 aromatic rings. The second kappa shape index (κ2) is 7.15. The van der Waals surface area contributed by atoms with E-state index in [4.69, 9.17) is 0 Å². The molecule has 0 saturated heterocycles. The zero-order valence-electron chi connectivity index (χ0n) is 14.1. The van der Waals surface area contributed by atoms with Crippen LogP contribution in [0.2, 0.25) is 0 Å². The second-order valence-electron chi connectivity index (χ2n) is 6.79. The van der Waals surface area contributed by atoms with Gasteiger partial charge in [0.1, 0.15) is 0 Å². The highest BCUT2D eigenvalue weighted by Crippen LogP contribution is 2.30. The van der Waals surface area contributed by atoms with Crippen molar-refractivity contribution in [1.29, 1.82) is 0 Å². The van der Waals surface area contributed by atoms with Crippen molar-refractivity contribution >= 4 is 11.0 Å². The number of nitrogens with one attached hydrogen (secondary N) is 1. The molecule has 1 aromatic carbocycles. The van der Waals surface area contributed by atoms with E-state index < -0.39 is 21.7 Å². The van der Waals surface area contributed by atoms with Crippen LogP contribution in [-0.4, -0.2) is 34.5 Å². The Morgan fingerprint density at radius 2 is 1.86 bits per heavy atom. The van der Waals surface area contributed by atoms with E-state index in [2.05, 4.69) is 4.72 Å². The summed E-state index contributed by atoms with van der Waals surface area (Å²) < 4.78 is 43.1. The van der Waals surface area contributed by atoms with Gasteiger partial charge in [-0.05, 0) is 53.4 Å². The second-order valence-corrected chi connectivity index (χ2v) is 8.79. The molecular formula is C16H26F2N2OS. The number of nitrogens with zero attached hydrogens (tertiary/aromatic N) is 1. The van der Waals surface area contributed by atoms with Crippen LogP contribution in [0.1, 0.15) is 44.9 Å². The first kappa shape index (κ1) is 19.2. The Morgan fingerprint density at radius 1 is 1.27 bits per heavy atom. The Hall–Kier alpha value is -0.850. The Balaban J connectivity index is 2.94. The predicted molar refractivity (Wildman–Crippen MR) is 88.3 cm³/mol. The fourth-order valence-corrected chi connectivity index (χ4v) is 2.74. The lowest BCUT2D eigenvalue weighted by atomic mass is 10.0. The maximum absolute atomic E-state index is 14.2. The summed E-state index contributed by atoms with van der Waals surface area (Å²) in [7, 11) is 1.99. The lowest BCUT2D eigenvalue weighted by Gasteiger charge is -2.24. The van der Waals surface area contributed by atoms with Crippen molar-refractivity contribution < 1.29 is 13.0 Å². The van der Waals surface area contributed by atoms with Crippen molar-refractivity contribution in [3.05, 3.63) is 35.4 Å². The number of hydrogen-bond acceptors (Lipinski definition) is 2. The zero-order chi connectivity index (χ0) is 17.1. The first-order valence-corrected chi connectivity index (χ1v) is 8.39. The maximum atomic E-state index is 14.2. The van der Waals surface area contributed by atoms with E-state index in [0.717, 1.165) is 0 Å². The molecule has 6 heteroatoms. The summed E-state index contributed by atoms with van der Waals surface area (Å²) in [5, 5.41) is 0. The molecule has 0 bridgehead atoms. The maximum Gasteiger partial charge on any atom is 0.285 e. The van der Waals surface area contributed by atoms with Crippen LogP contribution in [0.4, 0.5) is 8.78 Å². The molecule has 0 radical (unpaired) electrons. The Bertz CT molecular complexity index is 527. The molecule has 3 nitrogen and oxygen atoms in total. The van der Waals surface area contributed by atoms with Gasteiger partial charge in [-0.2, -0.15) is 8.78 Å². The van der Waals surface area contributed by atoms with Crippen molar-refractivity contribution in [2.24, 2.45) is 0 Å². The quantitative estimate of drug-likeness (QED) is 0.865. The van der Waals surface area contributed by atoms with Crippen LogP contribution in [-0.2, 0) is 16.9 Å². The number of hydrogen-bond donors (Lipinski definition) is 1. The summed E-state index contributed by atoms with van der Waals surface area (Å²) >= 11 is 0. The molecule has 0 fully saturated rings. The van der Waals surface area contributed by atoms with Gasteiger partial charge in [-0.25, -0.2) is 8.93 Å². The lowest BCUT2D eigenvalue weighted by Crippen LogP contribution is -2.35. The van der Waals surface area contributed by atoms with Gasteiger partial charge in [0.25, 0.3) is 5.92 Å².